The number of hydrogen-bond donors (Lipinski definition) is 1. The Morgan fingerprint density at radius 1 is 1.10 bits per heavy atom. The lowest BCUT2D eigenvalue weighted by molar-refractivity contribution is -0.0498. The summed E-state index contributed by atoms with van der Waals surface area (Å²) in [5.41, 5.74) is 1.08. The van der Waals surface area contributed by atoms with E-state index in [0.717, 1.165) is 5.56 Å². The molecule has 0 fully saturated rings. The maximum atomic E-state index is 13.6. The van der Waals surface area contributed by atoms with E-state index in [1.165, 1.54) is 30.3 Å². The first-order valence-electron chi connectivity index (χ1n) is 6.22. The zero-order valence-electron chi connectivity index (χ0n) is 11.1. The first-order chi connectivity index (χ1) is 9.95. The Morgan fingerprint density at radius 3 is 2.38 bits per heavy atom. The van der Waals surface area contributed by atoms with Gasteiger partial charge < -0.3 is 10.1 Å². The summed E-state index contributed by atoms with van der Waals surface area (Å²) in [6.07, 6.45) is 0. The summed E-state index contributed by atoms with van der Waals surface area (Å²) in [5, 5.41) is 3.40. The third-order valence-corrected chi connectivity index (χ3v) is 3.14. The number of alkyl halides is 2. The van der Waals surface area contributed by atoms with Crippen LogP contribution in [-0.2, 0) is 0 Å². The van der Waals surface area contributed by atoms with Gasteiger partial charge in [0.1, 0.15) is 11.6 Å². The molecular weight excluding hydrogens is 303 g/mol. The first kappa shape index (κ1) is 15.5. The largest absolute Gasteiger partial charge is 0.435 e. The van der Waals surface area contributed by atoms with E-state index in [9.17, 15) is 13.2 Å². The molecule has 2 aromatic carbocycles. The molecule has 1 unspecified atom stereocenters. The zero-order chi connectivity index (χ0) is 15.4. The Balaban J connectivity index is 2.09. The summed E-state index contributed by atoms with van der Waals surface area (Å²) in [6.45, 7) is -1.03. The quantitative estimate of drug-likeness (QED) is 0.813. The summed E-state index contributed by atoms with van der Waals surface area (Å²) < 4.78 is 42.0. The van der Waals surface area contributed by atoms with Gasteiger partial charge in [-0.25, -0.2) is 4.39 Å². The molecule has 0 aliphatic carbocycles. The lowest BCUT2D eigenvalue weighted by Crippen LogP contribution is -2.08. The first-order valence-corrected chi connectivity index (χ1v) is 6.60. The highest BCUT2D eigenvalue weighted by atomic mass is 35.5. The molecule has 0 aliphatic heterocycles. The minimum atomic E-state index is -2.85. The van der Waals surface area contributed by atoms with Crippen LogP contribution in [-0.4, -0.2) is 6.61 Å². The van der Waals surface area contributed by atoms with Gasteiger partial charge in [0.2, 0.25) is 0 Å². The number of rotatable bonds is 5. The molecule has 21 heavy (non-hydrogen) atoms. The van der Waals surface area contributed by atoms with Crippen LogP contribution in [0.15, 0.2) is 42.5 Å². The maximum Gasteiger partial charge on any atom is 0.387 e. The van der Waals surface area contributed by atoms with Crippen molar-refractivity contribution < 1.29 is 17.9 Å². The average molecular weight is 316 g/mol. The fourth-order valence-electron chi connectivity index (χ4n) is 1.86. The summed E-state index contributed by atoms with van der Waals surface area (Å²) in [4.78, 5) is 0. The van der Waals surface area contributed by atoms with Crippen LogP contribution in [0.1, 0.15) is 18.5 Å². The number of anilines is 1. The van der Waals surface area contributed by atoms with Gasteiger partial charge in [0, 0.05) is 11.1 Å². The standard InChI is InChI=1S/C15H13ClF3NO/c1-9(20-14-8-11(16)4-7-13(14)17)10-2-5-12(6-3-10)21-15(18)19/h2-9,15,20H,1H3. The molecule has 2 nitrogen and oxygen atoms in total. The second-order valence-electron chi connectivity index (χ2n) is 4.44. The third kappa shape index (κ3) is 4.29. The van der Waals surface area contributed by atoms with Crippen molar-refractivity contribution in [3.05, 3.63) is 58.9 Å². The predicted molar refractivity (Wildman–Crippen MR) is 76.5 cm³/mol. The fraction of sp³-hybridized carbons (Fsp3) is 0.200. The van der Waals surface area contributed by atoms with Crippen LogP contribution in [0.2, 0.25) is 5.02 Å². The summed E-state index contributed by atoms with van der Waals surface area (Å²) in [6, 6.07) is 10.2. The topological polar surface area (TPSA) is 21.3 Å². The maximum absolute atomic E-state index is 13.6. The highest BCUT2D eigenvalue weighted by Gasteiger charge is 2.10. The van der Waals surface area contributed by atoms with Crippen LogP contribution in [0.4, 0.5) is 18.9 Å². The molecule has 0 heterocycles. The van der Waals surface area contributed by atoms with E-state index < -0.39 is 12.4 Å². The van der Waals surface area contributed by atoms with Crippen molar-refractivity contribution in [1.82, 2.24) is 0 Å². The minimum Gasteiger partial charge on any atom is -0.435 e. The molecule has 0 aliphatic rings. The van der Waals surface area contributed by atoms with Crippen LogP contribution in [0.5, 0.6) is 5.75 Å². The molecule has 2 rings (SSSR count). The van der Waals surface area contributed by atoms with E-state index >= 15 is 0 Å². The average Bonchev–Trinajstić information content (AvgIpc) is 2.43. The Kier molecular flexibility index (Phi) is 4.96. The Hall–Kier alpha value is -1.88. The SMILES string of the molecule is CC(Nc1cc(Cl)ccc1F)c1ccc(OC(F)F)cc1. The van der Waals surface area contributed by atoms with E-state index in [-0.39, 0.29) is 17.5 Å². The predicted octanol–water partition coefficient (Wildman–Crippen LogP) is 5.25. The Morgan fingerprint density at radius 2 is 1.76 bits per heavy atom. The van der Waals surface area contributed by atoms with Crippen molar-refractivity contribution in [3.8, 4) is 5.75 Å². The van der Waals surface area contributed by atoms with E-state index in [2.05, 4.69) is 10.1 Å². The van der Waals surface area contributed by atoms with Crippen LogP contribution in [0.25, 0.3) is 0 Å². The number of benzene rings is 2. The summed E-state index contributed by atoms with van der Waals surface area (Å²) in [7, 11) is 0. The van der Waals surface area contributed by atoms with Crippen molar-refractivity contribution in [3.63, 3.8) is 0 Å². The van der Waals surface area contributed by atoms with Gasteiger partial charge in [0.05, 0.1) is 5.69 Å². The van der Waals surface area contributed by atoms with Gasteiger partial charge in [-0.05, 0) is 42.8 Å². The fourth-order valence-corrected chi connectivity index (χ4v) is 2.03. The van der Waals surface area contributed by atoms with Crippen molar-refractivity contribution in [2.75, 3.05) is 5.32 Å². The molecule has 0 saturated heterocycles. The molecule has 0 saturated carbocycles. The van der Waals surface area contributed by atoms with Crippen molar-refractivity contribution in [2.45, 2.75) is 19.6 Å². The van der Waals surface area contributed by atoms with Gasteiger partial charge in [-0.15, -0.1) is 0 Å². The second kappa shape index (κ2) is 6.72. The minimum absolute atomic E-state index is 0.0786. The molecule has 2 aromatic rings. The van der Waals surface area contributed by atoms with Gasteiger partial charge in [0.25, 0.3) is 0 Å². The van der Waals surface area contributed by atoms with Gasteiger partial charge in [-0.1, -0.05) is 23.7 Å². The summed E-state index contributed by atoms with van der Waals surface area (Å²) >= 11 is 5.82. The number of nitrogens with one attached hydrogen (secondary N) is 1. The van der Waals surface area contributed by atoms with Gasteiger partial charge >= 0.3 is 6.61 Å². The van der Waals surface area contributed by atoms with E-state index in [0.29, 0.717) is 5.02 Å². The molecule has 0 bridgehead atoms. The van der Waals surface area contributed by atoms with Crippen molar-refractivity contribution in [2.24, 2.45) is 0 Å². The smallest absolute Gasteiger partial charge is 0.387 e. The summed E-state index contributed by atoms with van der Waals surface area (Å²) in [5.74, 6) is -0.334. The monoisotopic (exact) mass is 315 g/mol. The zero-order valence-corrected chi connectivity index (χ0v) is 11.9. The van der Waals surface area contributed by atoms with Crippen LogP contribution in [0, 0.1) is 5.82 Å². The second-order valence-corrected chi connectivity index (χ2v) is 4.87. The number of ether oxygens (including phenoxy) is 1. The highest BCUT2D eigenvalue weighted by Crippen LogP contribution is 2.26. The molecular formula is C15H13ClF3NO. The molecule has 1 N–H and O–H groups in total. The molecule has 0 amide bonds. The normalized spacial score (nSPS) is 12.3. The van der Waals surface area contributed by atoms with Crippen LogP contribution >= 0.6 is 11.6 Å². The van der Waals surface area contributed by atoms with Crippen LogP contribution in [0.3, 0.4) is 0 Å². The number of hydrogen-bond acceptors (Lipinski definition) is 2. The molecule has 0 radical (unpaired) electrons. The van der Waals surface area contributed by atoms with E-state index in [1.54, 1.807) is 12.1 Å². The molecule has 1 atom stereocenters. The highest BCUT2D eigenvalue weighted by molar-refractivity contribution is 6.30. The molecule has 0 aromatic heterocycles. The van der Waals surface area contributed by atoms with Gasteiger partial charge in [-0.2, -0.15) is 8.78 Å². The van der Waals surface area contributed by atoms with E-state index in [1.807, 2.05) is 6.92 Å². The van der Waals surface area contributed by atoms with Crippen molar-refractivity contribution in [1.29, 1.82) is 0 Å². The van der Waals surface area contributed by atoms with Gasteiger partial charge in [-0.3, -0.25) is 0 Å². The lowest BCUT2D eigenvalue weighted by atomic mass is 10.1. The molecule has 6 heteroatoms. The Labute approximate surface area is 125 Å². The van der Waals surface area contributed by atoms with Crippen molar-refractivity contribution >= 4 is 17.3 Å². The Bertz CT molecular complexity index is 604. The van der Waals surface area contributed by atoms with E-state index in [4.69, 9.17) is 11.6 Å². The number of halogens is 4. The van der Waals surface area contributed by atoms with Gasteiger partial charge in [0.15, 0.2) is 0 Å². The third-order valence-electron chi connectivity index (χ3n) is 2.91. The lowest BCUT2D eigenvalue weighted by Gasteiger charge is -2.17. The molecule has 0 spiro atoms. The molecule has 112 valence electrons. The van der Waals surface area contributed by atoms with Crippen LogP contribution < -0.4 is 10.1 Å².